The molecule has 5 nitrogen and oxygen atoms in total. The van der Waals surface area contributed by atoms with Gasteiger partial charge in [0.05, 0.1) is 21.4 Å². The fraction of sp³-hybridized carbons (Fsp3) is 0.0556. The van der Waals surface area contributed by atoms with Crippen molar-refractivity contribution >= 4 is 22.4 Å². The van der Waals surface area contributed by atoms with Crippen molar-refractivity contribution in [3.63, 3.8) is 0 Å². The fourth-order valence-electron chi connectivity index (χ4n) is 2.17. The fourth-order valence-corrected chi connectivity index (χ4v) is 3.36. The molecule has 0 fully saturated rings. The molecule has 0 aliphatic rings. The number of nitrogens with one attached hydrogen (secondary N) is 1. The first-order valence-electron chi connectivity index (χ1n) is 7.33. The standard InChI is InChI=1S/C18H15N3O2S/c22-18(21-15-9-5-2-6-10-15)17-16(11-19-13-20-17)24(23)12-14-7-3-1-4-8-14/h1-11,13H,12H2,(H,21,22). The lowest BCUT2D eigenvalue weighted by Gasteiger charge is -2.09. The lowest BCUT2D eigenvalue weighted by molar-refractivity contribution is 0.101. The van der Waals surface area contributed by atoms with Gasteiger partial charge in [0.1, 0.15) is 12.0 Å². The third-order valence-corrected chi connectivity index (χ3v) is 4.70. The van der Waals surface area contributed by atoms with Crippen molar-refractivity contribution in [1.82, 2.24) is 9.97 Å². The lowest BCUT2D eigenvalue weighted by Crippen LogP contribution is -2.17. The summed E-state index contributed by atoms with van der Waals surface area (Å²) in [5.74, 6) is -0.0974. The van der Waals surface area contributed by atoms with E-state index in [1.165, 1.54) is 12.5 Å². The third-order valence-electron chi connectivity index (χ3n) is 3.31. The summed E-state index contributed by atoms with van der Waals surface area (Å²) < 4.78 is 12.6. The molecule has 1 amide bonds. The van der Waals surface area contributed by atoms with Crippen LogP contribution >= 0.6 is 0 Å². The maximum Gasteiger partial charge on any atom is 0.275 e. The number of amides is 1. The van der Waals surface area contributed by atoms with Gasteiger partial charge in [-0.3, -0.25) is 9.00 Å². The Bertz CT molecular complexity index is 782. The van der Waals surface area contributed by atoms with Gasteiger partial charge >= 0.3 is 0 Å². The van der Waals surface area contributed by atoms with E-state index in [4.69, 9.17) is 0 Å². The maximum atomic E-state index is 12.6. The zero-order chi connectivity index (χ0) is 16.8. The average Bonchev–Trinajstić information content (AvgIpc) is 2.63. The van der Waals surface area contributed by atoms with Crippen molar-refractivity contribution in [3.05, 3.63) is 84.4 Å². The van der Waals surface area contributed by atoms with E-state index in [-0.39, 0.29) is 5.69 Å². The molecule has 0 radical (unpaired) electrons. The van der Waals surface area contributed by atoms with Crippen molar-refractivity contribution in [3.8, 4) is 0 Å². The van der Waals surface area contributed by atoms with E-state index >= 15 is 0 Å². The van der Waals surface area contributed by atoms with Crippen LogP contribution in [0.3, 0.4) is 0 Å². The summed E-state index contributed by atoms with van der Waals surface area (Å²) in [6, 6.07) is 18.5. The monoisotopic (exact) mass is 337 g/mol. The highest BCUT2D eigenvalue weighted by molar-refractivity contribution is 7.84. The second-order valence-corrected chi connectivity index (χ2v) is 6.45. The zero-order valence-electron chi connectivity index (χ0n) is 12.8. The predicted molar refractivity (Wildman–Crippen MR) is 93.0 cm³/mol. The van der Waals surface area contributed by atoms with Gasteiger partial charge in [0, 0.05) is 11.9 Å². The van der Waals surface area contributed by atoms with Gasteiger partial charge < -0.3 is 5.32 Å². The summed E-state index contributed by atoms with van der Waals surface area (Å²) in [6.07, 6.45) is 2.72. The number of nitrogens with zero attached hydrogens (tertiary/aromatic N) is 2. The van der Waals surface area contributed by atoms with Crippen molar-refractivity contribution in [2.75, 3.05) is 5.32 Å². The number of hydrogen-bond acceptors (Lipinski definition) is 4. The van der Waals surface area contributed by atoms with Gasteiger partial charge in [-0.05, 0) is 17.7 Å². The molecule has 1 unspecified atom stereocenters. The Kier molecular flexibility index (Phi) is 5.08. The molecule has 1 heterocycles. The van der Waals surface area contributed by atoms with Gasteiger partial charge in [0.2, 0.25) is 0 Å². The van der Waals surface area contributed by atoms with E-state index in [9.17, 15) is 9.00 Å². The smallest absolute Gasteiger partial charge is 0.275 e. The van der Waals surface area contributed by atoms with Crippen molar-refractivity contribution < 1.29 is 9.00 Å². The molecule has 6 heteroatoms. The average molecular weight is 337 g/mol. The van der Waals surface area contributed by atoms with Crippen LogP contribution < -0.4 is 5.32 Å². The van der Waals surface area contributed by atoms with Crippen LogP contribution in [0.2, 0.25) is 0 Å². The van der Waals surface area contributed by atoms with Crippen LogP contribution in [0.4, 0.5) is 5.69 Å². The molecule has 0 saturated heterocycles. The molecule has 0 aliphatic heterocycles. The number of rotatable bonds is 5. The molecule has 0 bridgehead atoms. The van der Waals surface area contributed by atoms with Gasteiger partial charge in [-0.25, -0.2) is 9.97 Å². The zero-order valence-corrected chi connectivity index (χ0v) is 13.6. The van der Waals surface area contributed by atoms with E-state index in [0.717, 1.165) is 5.56 Å². The summed E-state index contributed by atoms with van der Waals surface area (Å²) in [5, 5.41) is 2.75. The molecule has 3 rings (SSSR count). The van der Waals surface area contributed by atoms with Crippen LogP contribution in [0.15, 0.2) is 78.1 Å². The minimum absolute atomic E-state index is 0.128. The number of carbonyl (C=O) groups is 1. The Morgan fingerprint density at radius 2 is 1.67 bits per heavy atom. The van der Waals surface area contributed by atoms with Crippen molar-refractivity contribution in [2.45, 2.75) is 10.6 Å². The van der Waals surface area contributed by atoms with Crippen LogP contribution in [-0.2, 0) is 16.6 Å². The molecular formula is C18H15N3O2S. The molecular weight excluding hydrogens is 322 g/mol. The number of aromatic nitrogens is 2. The largest absolute Gasteiger partial charge is 0.321 e. The van der Waals surface area contributed by atoms with Gasteiger partial charge in [0.25, 0.3) is 5.91 Å². The summed E-state index contributed by atoms with van der Waals surface area (Å²) in [4.78, 5) is 20.7. The first-order chi connectivity index (χ1) is 11.7. The Hall–Kier alpha value is -2.86. The van der Waals surface area contributed by atoms with E-state index in [1.54, 1.807) is 12.1 Å². The first-order valence-corrected chi connectivity index (χ1v) is 8.64. The number of para-hydroxylation sites is 1. The number of hydrogen-bond donors (Lipinski definition) is 1. The van der Waals surface area contributed by atoms with E-state index in [2.05, 4.69) is 15.3 Å². The molecule has 120 valence electrons. The van der Waals surface area contributed by atoms with Crippen molar-refractivity contribution in [1.29, 1.82) is 0 Å². The quantitative estimate of drug-likeness (QED) is 0.777. The van der Waals surface area contributed by atoms with Crippen LogP contribution in [0.1, 0.15) is 16.1 Å². The van der Waals surface area contributed by atoms with Crippen LogP contribution in [0.5, 0.6) is 0 Å². The summed E-state index contributed by atoms with van der Waals surface area (Å²) in [7, 11) is -1.41. The molecule has 0 aliphatic carbocycles. The molecule has 1 aromatic heterocycles. The predicted octanol–water partition coefficient (Wildman–Crippen LogP) is 3.04. The van der Waals surface area contributed by atoms with Crippen LogP contribution in [0, 0.1) is 0 Å². The molecule has 0 saturated carbocycles. The lowest BCUT2D eigenvalue weighted by atomic mass is 10.2. The van der Waals surface area contributed by atoms with Crippen LogP contribution in [-0.4, -0.2) is 20.1 Å². The Morgan fingerprint density at radius 1 is 1.00 bits per heavy atom. The van der Waals surface area contributed by atoms with Crippen LogP contribution in [0.25, 0.3) is 0 Å². The highest BCUT2D eigenvalue weighted by Crippen LogP contribution is 2.16. The number of benzene rings is 2. The molecule has 1 atom stereocenters. The molecule has 0 spiro atoms. The second-order valence-electron chi connectivity index (χ2n) is 5.03. The van der Waals surface area contributed by atoms with Gasteiger partial charge in [-0.1, -0.05) is 48.5 Å². The summed E-state index contributed by atoms with van der Waals surface area (Å²) in [6.45, 7) is 0. The molecule has 1 N–H and O–H groups in total. The highest BCUT2D eigenvalue weighted by atomic mass is 32.2. The van der Waals surface area contributed by atoms with E-state index in [0.29, 0.717) is 16.3 Å². The van der Waals surface area contributed by atoms with Gasteiger partial charge in [0.15, 0.2) is 0 Å². The Balaban J connectivity index is 1.82. The summed E-state index contributed by atoms with van der Waals surface area (Å²) in [5.41, 5.74) is 1.71. The molecule has 3 aromatic rings. The Labute approximate surface area is 142 Å². The molecule has 24 heavy (non-hydrogen) atoms. The third kappa shape index (κ3) is 3.91. The first kappa shape index (κ1) is 16.0. The SMILES string of the molecule is O=C(Nc1ccccc1)c1ncncc1S(=O)Cc1ccccc1. The Morgan fingerprint density at radius 3 is 2.38 bits per heavy atom. The van der Waals surface area contributed by atoms with Gasteiger partial charge in [-0.2, -0.15) is 0 Å². The van der Waals surface area contributed by atoms with E-state index in [1.807, 2.05) is 48.5 Å². The summed E-state index contributed by atoms with van der Waals surface area (Å²) >= 11 is 0. The van der Waals surface area contributed by atoms with Gasteiger partial charge in [-0.15, -0.1) is 0 Å². The maximum absolute atomic E-state index is 12.6. The number of anilines is 1. The molecule has 2 aromatic carbocycles. The minimum Gasteiger partial charge on any atom is -0.321 e. The topological polar surface area (TPSA) is 72.0 Å². The van der Waals surface area contributed by atoms with Crippen molar-refractivity contribution in [2.24, 2.45) is 0 Å². The normalized spacial score (nSPS) is 11.7. The number of carbonyl (C=O) groups excluding carboxylic acids is 1. The highest BCUT2D eigenvalue weighted by Gasteiger charge is 2.18. The minimum atomic E-state index is -1.41. The second kappa shape index (κ2) is 7.61. The van der Waals surface area contributed by atoms with E-state index < -0.39 is 16.7 Å².